The highest BCUT2D eigenvalue weighted by molar-refractivity contribution is 5.99. The van der Waals surface area contributed by atoms with Crippen molar-refractivity contribution in [3.05, 3.63) is 24.3 Å². The van der Waals surface area contributed by atoms with Crippen molar-refractivity contribution in [2.75, 3.05) is 49.6 Å². The second kappa shape index (κ2) is 8.41. The standard InChI is InChI=1S/C20H27N3O4/c1-3-4-18(24)22-11-9-21(10-12-22)16-5-7-17(8-6-16)23-14-15(13-19(23)25)20(26)27-2/h5-8,15H,3-4,9-14H2,1-2H3/t15-/m0/s1. The number of nitrogens with zero attached hydrogens (tertiary/aromatic N) is 3. The summed E-state index contributed by atoms with van der Waals surface area (Å²) in [5.41, 5.74) is 1.88. The van der Waals surface area contributed by atoms with E-state index in [0.29, 0.717) is 13.0 Å². The van der Waals surface area contributed by atoms with Crippen molar-refractivity contribution in [2.45, 2.75) is 26.2 Å². The Kier molecular flexibility index (Phi) is 5.98. The van der Waals surface area contributed by atoms with Crippen molar-refractivity contribution < 1.29 is 19.1 Å². The Bertz CT molecular complexity index is 696. The molecular weight excluding hydrogens is 346 g/mol. The van der Waals surface area contributed by atoms with Crippen molar-refractivity contribution in [1.29, 1.82) is 0 Å². The third-order valence-electron chi connectivity index (χ3n) is 5.28. The maximum Gasteiger partial charge on any atom is 0.311 e. The number of hydrogen-bond donors (Lipinski definition) is 0. The molecule has 1 aromatic rings. The average Bonchev–Trinajstić information content (AvgIpc) is 3.09. The van der Waals surface area contributed by atoms with E-state index in [9.17, 15) is 14.4 Å². The third-order valence-corrected chi connectivity index (χ3v) is 5.28. The first-order valence-electron chi connectivity index (χ1n) is 9.54. The second-order valence-electron chi connectivity index (χ2n) is 7.06. The number of hydrogen-bond acceptors (Lipinski definition) is 5. The zero-order valence-corrected chi connectivity index (χ0v) is 16.0. The fraction of sp³-hybridized carbons (Fsp3) is 0.550. The van der Waals surface area contributed by atoms with Crippen LogP contribution < -0.4 is 9.80 Å². The zero-order valence-electron chi connectivity index (χ0n) is 16.0. The van der Waals surface area contributed by atoms with Crippen molar-refractivity contribution in [1.82, 2.24) is 4.90 Å². The van der Waals surface area contributed by atoms with Gasteiger partial charge in [-0.05, 0) is 30.7 Å². The molecule has 7 nitrogen and oxygen atoms in total. The molecule has 2 amide bonds. The minimum Gasteiger partial charge on any atom is -0.469 e. The number of rotatable bonds is 5. The van der Waals surface area contributed by atoms with Crippen LogP contribution >= 0.6 is 0 Å². The minimum absolute atomic E-state index is 0.0544. The van der Waals surface area contributed by atoms with Crippen LogP contribution in [0.4, 0.5) is 11.4 Å². The van der Waals surface area contributed by atoms with E-state index in [1.165, 1.54) is 7.11 Å². The van der Waals surface area contributed by atoms with Crippen molar-refractivity contribution in [3.63, 3.8) is 0 Å². The summed E-state index contributed by atoms with van der Waals surface area (Å²) in [5, 5.41) is 0. The fourth-order valence-corrected chi connectivity index (χ4v) is 3.71. The number of esters is 1. The van der Waals surface area contributed by atoms with Crippen molar-refractivity contribution in [3.8, 4) is 0 Å². The Hall–Kier alpha value is -2.57. The van der Waals surface area contributed by atoms with Gasteiger partial charge in [0.05, 0.1) is 13.0 Å². The van der Waals surface area contributed by atoms with Crippen LogP contribution in [0.15, 0.2) is 24.3 Å². The quantitative estimate of drug-likeness (QED) is 0.734. The number of carbonyl (C=O) groups excluding carboxylic acids is 3. The summed E-state index contributed by atoms with van der Waals surface area (Å²) in [6.07, 6.45) is 1.69. The van der Waals surface area contributed by atoms with Gasteiger partial charge < -0.3 is 19.4 Å². The number of benzene rings is 1. The molecule has 1 atom stereocenters. The van der Waals surface area contributed by atoms with Gasteiger partial charge in [0.25, 0.3) is 0 Å². The van der Waals surface area contributed by atoms with Gasteiger partial charge in [0, 0.05) is 56.9 Å². The molecule has 2 heterocycles. The molecule has 3 rings (SSSR count). The van der Waals surface area contributed by atoms with E-state index in [2.05, 4.69) is 4.90 Å². The van der Waals surface area contributed by atoms with Gasteiger partial charge in [-0.1, -0.05) is 6.92 Å². The molecule has 1 aromatic carbocycles. The lowest BCUT2D eigenvalue weighted by atomic mass is 10.1. The van der Waals surface area contributed by atoms with Crippen LogP contribution in [0, 0.1) is 5.92 Å². The van der Waals surface area contributed by atoms with E-state index in [0.717, 1.165) is 44.0 Å². The third kappa shape index (κ3) is 4.23. The monoisotopic (exact) mass is 373 g/mol. The molecule has 2 aliphatic heterocycles. The van der Waals surface area contributed by atoms with Crippen molar-refractivity contribution >= 4 is 29.2 Å². The Balaban J connectivity index is 1.59. The highest BCUT2D eigenvalue weighted by atomic mass is 16.5. The van der Waals surface area contributed by atoms with Gasteiger partial charge in [-0.25, -0.2) is 0 Å². The first-order valence-corrected chi connectivity index (χ1v) is 9.54. The molecule has 0 bridgehead atoms. The molecular formula is C20H27N3O4. The normalized spacial score (nSPS) is 20.1. The highest BCUT2D eigenvalue weighted by Gasteiger charge is 2.35. The molecule has 2 fully saturated rings. The number of anilines is 2. The van der Waals surface area contributed by atoms with E-state index >= 15 is 0 Å². The van der Waals surface area contributed by atoms with Crippen molar-refractivity contribution in [2.24, 2.45) is 5.92 Å². The molecule has 0 N–H and O–H groups in total. The molecule has 0 aromatic heterocycles. The zero-order chi connectivity index (χ0) is 19.4. The molecule has 0 unspecified atom stereocenters. The highest BCUT2D eigenvalue weighted by Crippen LogP contribution is 2.28. The molecule has 0 saturated carbocycles. The number of amides is 2. The van der Waals surface area contributed by atoms with E-state index in [-0.39, 0.29) is 24.2 Å². The molecule has 146 valence electrons. The van der Waals surface area contributed by atoms with E-state index < -0.39 is 5.92 Å². The summed E-state index contributed by atoms with van der Waals surface area (Å²) < 4.78 is 4.75. The molecule has 0 spiro atoms. The second-order valence-corrected chi connectivity index (χ2v) is 7.06. The molecule has 2 saturated heterocycles. The van der Waals surface area contributed by atoms with Crippen LogP contribution in [0.1, 0.15) is 26.2 Å². The number of carbonyl (C=O) groups is 3. The SMILES string of the molecule is CCCC(=O)N1CCN(c2ccc(N3C[C@@H](C(=O)OC)CC3=O)cc2)CC1. The predicted octanol–water partition coefficient (Wildman–Crippen LogP) is 1.66. The first kappa shape index (κ1) is 19.2. The van der Waals surface area contributed by atoms with Gasteiger partial charge >= 0.3 is 5.97 Å². The van der Waals surface area contributed by atoms with Crippen LogP contribution in [0.3, 0.4) is 0 Å². The van der Waals surface area contributed by atoms with Gasteiger partial charge in [0.15, 0.2) is 0 Å². The van der Waals surface area contributed by atoms with E-state index in [1.54, 1.807) is 4.90 Å². The first-order chi connectivity index (χ1) is 13.0. The van der Waals surface area contributed by atoms with E-state index in [1.807, 2.05) is 36.1 Å². The lowest BCUT2D eigenvalue weighted by Crippen LogP contribution is -2.48. The molecule has 0 aliphatic carbocycles. The summed E-state index contributed by atoms with van der Waals surface area (Å²) in [5.74, 6) is -0.546. The predicted molar refractivity (Wildman–Crippen MR) is 103 cm³/mol. The summed E-state index contributed by atoms with van der Waals surface area (Å²) >= 11 is 0. The summed E-state index contributed by atoms with van der Waals surface area (Å²) in [6.45, 7) is 5.49. The number of ether oxygens (including phenoxy) is 1. The maximum atomic E-state index is 12.2. The van der Waals surface area contributed by atoms with Gasteiger partial charge in [-0.3, -0.25) is 14.4 Å². The summed E-state index contributed by atoms with van der Waals surface area (Å²) in [6, 6.07) is 7.83. The van der Waals surface area contributed by atoms with Gasteiger partial charge in [-0.2, -0.15) is 0 Å². The lowest BCUT2D eigenvalue weighted by molar-refractivity contribution is -0.145. The average molecular weight is 373 g/mol. The largest absolute Gasteiger partial charge is 0.469 e. The van der Waals surface area contributed by atoms with Crippen LogP contribution in [-0.4, -0.2) is 62.5 Å². The van der Waals surface area contributed by atoms with Crippen LogP contribution in [0.25, 0.3) is 0 Å². The summed E-state index contributed by atoms with van der Waals surface area (Å²) in [7, 11) is 1.35. The Morgan fingerprint density at radius 2 is 1.70 bits per heavy atom. The Labute approximate surface area is 159 Å². The van der Waals surface area contributed by atoms with Crippen LogP contribution in [-0.2, 0) is 19.1 Å². The Morgan fingerprint density at radius 3 is 2.30 bits per heavy atom. The van der Waals surface area contributed by atoms with Gasteiger partial charge in [-0.15, -0.1) is 0 Å². The molecule has 0 radical (unpaired) electrons. The molecule has 27 heavy (non-hydrogen) atoms. The van der Waals surface area contributed by atoms with E-state index in [4.69, 9.17) is 4.74 Å². The fourth-order valence-electron chi connectivity index (χ4n) is 3.71. The minimum atomic E-state index is -0.393. The maximum absolute atomic E-state index is 12.2. The smallest absolute Gasteiger partial charge is 0.311 e. The number of piperazine rings is 1. The van der Waals surface area contributed by atoms with Crippen LogP contribution in [0.5, 0.6) is 0 Å². The van der Waals surface area contributed by atoms with Gasteiger partial charge in [0.1, 0.15) is 0 Å². The molecule has 2 aliphatic rings. The molecule has 7 heteroatoms. The topological polar surface area (TPSA) is 70.2 Å². The summed E-state index contributed by atoms with van der Waals surface area (Å²) in [4.78, 5) is 41.7. The Morgan fingerprint density at radius 1 is 1.07 bits per heavy atom. The number of methoxy groups -OCH3 is 1. The van der Waals surface area contributed by atoms with Gasteiger partial charge in [0.2, 0.25) is 11.8 Å². The van der Waals surface area contributed by atoms with Crippen LogP contribution in [0.2, 0.25) is 0 Å². The lowest BCUT2D eigenvalue weighted by Gasteiger charge is -2.36.